The predicted molar refractivity (Wildman–Crippen MR) is 125 cm³/mol. The summed E-state index contributed by atoms with van der Waals surface area (Å²) < 4.78 is 5.61. The smallest absolute Gasteiger partial charge is 0.254 e. The molecule has 2 amide bonds. The largest absolute Gasteiger partial charge is 0.503 e. The molecule has 1 fully saturated rings. The Balaban J connectivity index is 1.42. The molecule has 6 nitrogen and oxygen atoms in total. The maximum atomic E-state index is 13.5. The Hall–Kier alpha value is -3.45. The molecule has 1 heterocycles. The number of ether oxygens (including phenoxy) is 1. The van der Waals surface area contributed by atoms with Crippen LogP contribution in [-0.2, 0) is 9.59 Å². The SMILES string of the molecule is COc1cc(/C=N\N2C(=O)[C@H]3C4c5ccccc5C(c5ccccc54)[C@@H]3C2=O)cc(Br)c1O. The van der Waals surface area contributed by atoms with Gasteiger partial charge in [-0.05, 0) is 55.9 Å². The molecule has 2 atom stereocenters. The Bertz CT molecular complexity index is 1250. The summed E-state index contributed by atoms with van der Waals surface area (Å²) in [5.41, 5.74) is 5.09. The van der Waals surface area contributed by atoms with Crippen molar-refractivity contribution >= 4 is 34.0 Å². The van der Waals surface area contributed by atoms with Crippen molar-refractivity contribution in [2.75, 3.05) is 7.11 Å². The van der Waals surface area contributed by atoms with E-state index in [0.717, 1.165) is 27.3 Å². The molecule has 0 radical (unpaired) electrons. The van der Waals surface area contributed by atoms with Crippen LogP contribution in [-0.4, -0.2) is 35.3 Å². The summed E-state index contributed by atoms with van der Waals surface area (Å²) in [7, 11) is 1.45. The molecule has 1 saturated heterocycles. The second kappa shape index (κ2) is 7.28. The molecule has 0 spiro atoms. The molecule has 7 heteroatoms. The highest BCUT2D eigenvalue weighted by Crippen LogP contribution is 2.60. The molecule has 7 rings (SSSR count). The quantitative estimate of drug-likeness (QED) is 0.425. The number of phenols is 1. The molecule has 3 aromatic rings. The van der Waals surface area contributed by atoms with E-state index in [1.165, 1.54) is 13.3 Å². The summed E-state index contributed by atoms with van der Waals surface area (Å²) in [6, 6.07) is 19.5. The van der Waals surface area contributed by atoms with Crippen LogP contribution >= 0.6 is 15.9 Å². The number of nitrogens with zero attached hydrogens (tertiary/aromatic N) is 2. The standard InChI is InChI=1S/C26H19BrN2O4/c1-33-19-11-13(10-18(27)24(19)30)12-28-29-25(31)22-20-14-6-2-3-7-15(14)21(23(22)26(29)32)17-9-5-4-8-16(17)20/h2-12,20-23,30H,1H3/b28-12-/t20?,21?,22-,23-/m0/s1. The lowest BCUT2D eigenvalue weighted by Gasteiger charge is -2.45. The van der Waals surface area contributed by atoms with E-state index in [4.69, 9.17) is 4.74 Å². The van der Waals surface area contributed by atoms with Gasteiger partial charge in [-0.25, -0.2) is 0 Å². The van der Waals surface area contributed by atoms with Crippen molar-refractivity contribution in [2.45, 2.75) is 11.8 Å². The van der Waals surface area contributed by atoms with Crippen molar-refractivity contribution in [3.8, 4) is 11.5 Å². The number of amides is 2. The number of hydrogen-bond donors (Lipinski definition) is 1. The third-order valence-corrected chi connectivity index (χ3v) is 7.62. The normalized spacial score (nSPS) is 24.7. The highest BCUT2D eigenvalue weighted by atomic mass is 79.9. The Labute approximate surface area is 198 Å². The van der Waals surface area contributed by atoms with Crippen molar-refractivity contribution < 1.29 is 19.4 Å². The lowest BCUT2D eigenvalue weighted by Crippen LogP contribution is -2.41. The van der Waals surface area contributed by atoms with Gasteiger partial charge in [-0.3, -0.25) is 9.59 Å². The van der Waals surface area contributed by atoms with E-state index < -0.39 is 11.8 Å². The van der Waals surface area contributed by atoms with Gasteiger partial charge in [-0.15, -0.1) is 0 Å². The average Bonchev–Trinajstić information content (AvgIpc) is 3.09. The van der Waals surface area contributed by atoms with Gasteiger partial charge in [0.1, 0.15) is 0 Å². The first-order valence-corrected chi connectivity index (χ1v) is 11.5. The van der Waals surface area contributed by atoms with E-state index >= 15 is 0 Å². The number of methoxy groups -OCH3 is 1. The first kappa shape index (κ1) is 20.2. The molecule has 1 N–H and O–H groups in total. The molecule has 33 heavy (non-hydrogen) atoms. The maximum absolute atomic E-state index is 13.5. The van der Waals surface area contributed by atoms with Crippen molar-refractivity contribution in [3.05, 3.63) is 93.0 Å². The second-order valence-electron chi connectivity index (χ2n) is 8.55. The van der Waals surface area contributed by atoms with Gasteiger partial charge in [0.2, 0.25) is 0 Å². The van der Waals surface area contributed by atoms with Crippen molar-refractivity contribution in [1.82, 2.24) is 5.01 Å². The van der Waals surface area contributed by atoms with Crippen LogP contribution in [0.2, 0.25) is 0 Å². The number of halogens is 1. The number of benzene rings is 3. The monoisotopic (exact) mass is 502 g/mol. The minimum Gasteiger partial charge on any atom is -0.503 e. The summed E-state index contributed by atoms with van der Waals surface area (Å²) in [6.07, 6.45) is 1.45. The maximum Gasteiger partial charge on any atom is 0.254 e. The van der Waals surface area contributed by atoms with Gasteiger partial charge in [0, 0.05) is 11.8 Å². The molecule has 1 aliphatic heterocycles. The van der Waals surface area contributed by atoms with E-state index in [-0.39, 0.29) is 35.1 Å². The van der Waals surface area contributed by atoms with Crippen molar-refractivity contribution in [2.24, 2.45) is 16.9 Å². The third-order valence-electron chi connectivity index (χ3n) is 7.02. The van der Waals surface area contributed by atoms with E-state index in [9.17, 15) is 14.7 Å². The average molecular weight is 503 g/mol. The Morgan fingerprint density at radius 3 is 1.85 bits per heavy atom. The number of aromatic hydroxyl groups is 1. The van der Waals surface area contributed by atoms with E-state index in [0.29, 0.717) is 10.0 Å². The van der Waals surface area contributed by atoms with Crippen LogP contribution < -0.4 is 4.74 Å². The van der Waals surface area contributed by atoms with Crippen LogP contribution in [0.25, 0.3) is 0 Å². The molecule has 3 aliphatic carbocycles. The van der Waals surface area contributed by atoms with Crippen LogP contribution in [0.15, 0.2) is 70.2 Å². The third kappa shape index (κ3) is 2.75. The fourth-order valence-corrected chi connectivity index (χ4v) is 6.18. The van der Waals surface area contributed by atoms with E-state index in [1.54, 1.807) is 12.1 Å². The highest BCUT2D eigenvalue weighted by Gasteiger charge is 2.61. The predicted octanol–water partition coefficient (Wildman–Crippen LogP) is 4.39. The Kier molecular flexibility index (Phi) is 4.45. The molecule has 0 aromatic heterocycles. The number of phenolic OH excluding ortho intramolecular Hbond substituents is 1. The van der Waals surface area contributed by atoms with Crippen LogP contribution in [0.3, 0.4) is 0 Å². The first-order valence-electron chi connectivity index (χ1n) is 10.7. The summed E-state index contributed by atoms with van der Waals surface area (Å²) >= 11 is 3.28. The number of carbonyl (C=O) groups excluding carboxylic acids is 2. The molecule has 0 unspecified atom stereocenters. The molecular weight excluding hydrogens is 484 g/mol. The van der Waals surface area contributed by atoms with Gasteiger partial charge in [0.25, 0.3) is 11.8 Å². The van der Waals surface area contributed by atoms with Crippen molar-refractivity contribution in [1.29, 1.82) is 0 Å². The zero-order valence-electron chi connectivity index (χ0n) is 17.6. The highest BCUT2D eigenvalue weighted by molar-refractivity contribution is 9.10. The minimum absolute atomic E-state index is 0.0268. The lowest BCUT2D eigenvalue weighted by molar-refractivity contribution is -0.139. The lowest BCUT2D eigenvalue weighted by atomic mass is 9.55. The van der Waals surface area contributed by atoms with Gasteiger partial charge in [-0.1, -0.05) is 48.5 Å². The number of carbonyl (C=O) groups is 2. The molecule has 4 aliphatic rings. The number of hydrogen-bond acceptors (Lipinski definition) is 5. The van der Waals surface area contributed by atoms with Gasteiger partial charge in [0.15, 0.2) is 11.5 Å². The molecule has 2 bridgehead atoms. The summed E-state index contributed by atoms with van der Waals surface area (Å²) in [5.74, 6) is -1.56. The topological polar surface area (TPSA) is 79.2 Å². The molecular formula is C26H19BrN2O4. The van der Waals surface area contributed by atoms with Gasteiger partial charge < -0.3 is 9.84 Å². The van der Waals surface area contributed by atoms with Gasteiger partial charge >= 0.3 is 0 Å². The summed E-state index contributed by atoms with van der Waals surface area (Å²) in [5, 5.41) is 15.4. The van der Waals surface area contributed by atoms with E-state index in [2.05, 4.69) is 45.3 Å². The summed E-state index contributed by atoms with van der Waals surface area (Å²) in [4.78, 5) is 27.1. The van der Waals surface area contributed by atoms with Crippen LogP contribution in [0.5, 0.6) is 11.5 Å². The number of rotatable bonds is 3. The minimum atomic E-state index is -0.467. The molecule has 164 valence electrons. The van der Waals surface area contributed by atoms with Crippen molar-refractivity contribution in [3.63, 3.8) is 0 Å². The van der Waals surface area contributed by atoms with E-state index in [1.807, 2.05) is 24.3 Å². The number of hydrazone groups is 1. The Morgan fingerprint density at radius 2 is 1.39 bits per heavy atom. The molecule has 0 saturated carbocycles. The van der Waals surface area contributed by atoms with Gasteiger partial charge in [0.05, 0.1) is 29.6 Å². The summed E-state index contributed by atoms with van der Waals surface area (Å²) in [6.45, 7) is 0. The fourth-order valence-electron chi connectivity index (χ4n) is 5.72. The van der Waals surface area contributed by atoms with Crippen LogP contribution in [0.1, 0.15) is 39.7 Å². The Morgan fingerprint density at radius 1 is 0.909 bits per heavy atom. The zero-order chi connectivity index (χ0) is 22.9. The second-order valence-corrected chi connectivity index (χ2v) is 9.41. The number of imide groups is 1. The van der Waals surface area contributed by atoms with Gasteiger partial charge in [-0.2, -0.15) is 10.1 Å². The zero-order valence-corrected chi connectivity index (χ0v) is 19.2. The van der Waals surface area contributed by atoms with Crippen LogP contribution in [0.4, 0.5) is 0 Å². The first-order chi connectivity index (χ1) is 16.0. The molecule has 3 aromatic carbocycles. The fraction of sp³-hybridized carbons (Fsp3) is 0.192. The van der Waals surface area contributed by atoms with Crippen LogP contribution in [0, 0.1) is 11.8 Å².